The van der Waals surface area contributed by atoms with Crippen molar-refractivity contribution >= 4 is 42.1 Å². The second-order valence-corrected chi connectivity index (χ2v) is 6.67. The Balaban J connectivity index is 0.00000156. The minimum Gasteiger partial charge on any atom is -0.381 e. The maximum atomic E-state index is 12.5. The van der Waals surface area contributed by atoms with Crippen LogP contribution in [0.15, 0.2) is 24.3 Å². The molecule has 0 aromatic heterocycles. The molecule has 3 N–H and O–H groups in total. The highest BCUT2D eigenvalue weighted by Crippen LogP contribution is 2.25. The van der Waals surface area contributed by atoms with Gasteiger partial charge in [0.2, 0.25) is 5.91 Å². The standard InChI is InChI=1S/C18H27N3O2.2ClH/c19-18(8-12-23-13-9-18)17(22)20-15-6-5-7-16(14-15)21-10-3-1-2-4-11-21;;/h5-7,14H,1-4,8-13,19H2,(H,20,22);2*1H. The Kier molecular flexibility index (Phi) is 9.00. The van der Waals surface area contributed by atoms with E-state index in [1.165, 1.54) is 31.4 Å². The number of carbonyl (C=O) groups is 1. The average molecular weight is 390 g/mol. The van der Waals surface area contributed by atoms with Crippen LogP contribution >= 0.6 is 24.8 Å². The topological polar surface area (TPSA) is 67.6 Å². The zero-order chi connectivity index (χ0) is 16.1. The van der Waals surface area contributed by atoms with E-state index in [0.29, 0.717) is 26.1 Å². The van der Waals surface area contributed by atoms with Gasteiger partial charge in [0.1, 0.15) is 5.54 Å². The molecule has 142 valence electrons. The van der Waals surface area contributed by atoms with Crippen molar-refractivity contribution in [1.29, 1.82) is 0 Å². The van der Waals surface area contributed by atoms with E-state index in [0.717, 1.165) is 18.8 Å². The Morgan fingerprint density at radius 1 is 1.08 bits per heavy atom. The predicted octanol–water partition coefficient (Wildman–Crippen LogP) is 3.36. The molecule has 0 spiro atoms. The third-order valence-corrected chi connectivity index (χ3v) is 4.91. The van der Waals surface area contributed by atoms with E-state index >= 15 is 0 Å². The third-order valence-electron chi connectivity index (χ3n) is 4.91. The molecule has 0 unspecified atom stereocenters. The van der Waals surface area contributed by atoms with Gasteiger partial charge in [-0.3, -0.25) is 4.79 Å². The molecule has 0 aliphatic carbocycles. The van der Waals surface area contributed by atoms with Crippen molar-refractivity contribution in [3.8, 4) is 0 Å². The van der Waals surface area contributed by atoms with Gasteiger partial charge in [0.15, 0.2) is 0 Å². The third kappa shape index (κ3) is 5.74. The molecule has 0 saturated carbocycles. The summed E-state index contributed by atoms with van der Waals surface area (Å²) in [7, 11) is 0. The molecule has 2 heterocycles. The van der Waals surface area contributed by atoms with Crippen molar-refractivity contribution in [2.24, 2.45) is 5.73 Å². The van der Waals surface area contributed by atoms with Crippen LogP contribution in [0.5, 0.6) is 0 Å². The lowest BCUT2D eigenvalue weighted by molar-refractivity contribution is -0.124. The number of hydrogen-bond donors (Lipinski definition) is 2. The first-order valence-corrected chi connectivity index (χ1v) is 8.70. The highest BCUT2D eigenvalue weighted by molar-refractivity contribution is 5.98. The van der Waals surface area contributed by atoms with E-state index in [4.69, 9.17) is 10.5 Å². The normalized spacial score (nSPS) is 19.8. The quantitative estimate of drug-likeness (QED) is 0.831. The van der Waals surface area contributed by atoms with Crippen LogP contribution in [0.4, 0.5) is 11.4 Å². The lowest BCUT2D eigenvalue weighted by Crippen LogP contribution is -2.54. The highest BCUT2D eigenvalue weighted by Gasteiger charge is 2.35. The van der Waals surface area contributed by atoms with Gasteiger partial charge < -0.3 is 20.7 Å². The van der Waals surface area contributed by atoms with Gasteiger partial charge >= 0.3 is 0 Å². The Morgan fingerprint density at radius 3 is 2.36 bits per heavy atom. The van der Waals surface area contributed by atoms with Gasteiger partial charge in [-0.1, -0.05) is 18.9 Å². The van der Waals surface area contributed by atoms with Crippen molar-refractivity contribution in [2.45, 2.75) is 44.1 Å². The summed E-state index contributed by atoms with van der Waals surface area (Å²) >= 11 is 0. The van der Waals surface area contributed by atoms with Crippen LogP contribution in [0.3, 0.4) is 0 Å². The van der Waals surface area contributed by atoms with Gasteiger partial charge in [-0.25, -0.2) is 0 Å². The Morgan fingerprint density at radius 2 is 1.72 bits per heavy atom. The summed E-state index contributed by atoms with van der Waals surface area (Å²) in [6.07, 6.45) is 6.25. The fourth-order valence-corrected chi connectivity index (χ4v) is 3.33. The number of nitrogens with two attached hydrogens (primary N) is 1. The molecule has 7 heteroatoms. The smallest absolute Gasteiger partial charge is 0.244 e. The Hall–Kier alpha value is -1.01. The molecular formula is C18H29Cl2N3O2. The Labute approximate surface area is 162 Å². The molecule has 25 heavy (non-hydrogen) atoms. The SMILES string of the molecule is Cl.Cl.NC1(C(=O)Nc2cccc(N3CCCCCC3)c2)CCOCC1. The van der Waals surface area contributed by atoms with Crippen LogP contribution in [0.2, 0.25) is 0 Å². The van der Waals surface area contributed by atoms with Crippen LogP contribution in [0.25, 0.3) is 0 Å². The minimum absolute atomic E-state index is 0. The van der Waals surface area contributed by atoms with Gasteiger partial charge in [0, 0.05) is 37.7 Å². The number of nitrogens with zero attached hydrogens (tertiary/aromatic N) is 1. The number of ether oxygens (including phenoxy) is 1. The van der Waals surface area contributed by atoms with Crippen molar-refractivity contribution in [3.63, 3.8) is 0 Å². The number of rotatable bonds is 3. The first-order chi connectivity index (χ1) is 11.2. The average Bonchev–Trinajstić information content (AvgIpc) is 2.85. The van der Waals surface area contributed by atoms with Crippen molar-refractivity contribution in [1.82, 2.24) is 0 Å². The molecule has 3 rings (SSSR count). The van der Waals surface area contributed by atoms with E-state index < -0.39 is 5.54 Å². The first-order valence-electron chi connectivity index (χ1n) is 8.70. The van der Waals surface area contributed by atoms with Crippen molar-refractivity contribution < 1.29 is 9.53 Å². The number of carbonyl (C=O) groups excluding carboxylic acids is 1. The maximum absolute atomic E-state index is 12.5. The molecule has 2 aliphatic rings. The van der Waals surface area contributed by atoms with Crippen LogP contribution in [-0.2, 0) is 9.53 Å². The highest BCUT2D eigenvalue weighted by atomic mass is 35.5. The summed E-state index contributed by atoms with van der Waals surface area (Å²) in [5, 5.41) is 3.00. The summed E-state index contributed by atoms with van der Waals surface area (Å²) in [5.41, 5.74) is 7.45. The molecule has 1 amide bonds. The molecule has 2 fully saturated rings. The molecular weight excluding hydrogens is 361 g/mol. The number of nitrogens with one attached hydrogen (secondary N) is 1. The zero-order valence-corrected chi connectivity index (χ0v) is 16.2. The fourth-order valence-electron chi connectivity index (χ4n) is 3.33. The monoisotopic (exact) mass is 389 g/mol. The number of amides is 1. The molecule has 2 aliphatic heterocycles. The molecule has 0 atom stereocenters. The van der Waals surface area contributed by atoms with E-state index in [2.05, 4.69) is 22.3 Å². The second kappa shape index (κ2) is 10.2. The molecule has 0 radical (unpaired) electrons. The van der Waals surface area contributed by atoms with E-state index in [-0.39, 0.29) is 30.7 Å². The lowest BCUT2D eigenvalue weighted by Gasteiger charge is -2.32. The molecule has 2 saturated heterocycles. The van der Waals surface area contributed by atoms with Gasteiger partial charge in [-0.15, -0.1) is 24.8 Å². The summed E-state index contributed by atoms with van der Waals surface area (Å²) in [6, 6.07) is 8.12. The van der Waals surface area contributed by atoms with Crippen molar-refractivity contribution in [3.05, 3.63) is 24.3 Å². The van der Waals surface area contributed by atoms with E-state index in [9.17, 15) is 4.79 Å². The largest absolute Gasteiger partial charge is 0.381 e. The second-order valence-electron chi connectivity index (χ2n) is 6.67. The van der Waals surface area contributed by atoms with Gasteiger partial charge in [-0.05, 0) is 43.9 Å². The number of benzene rings is 1. The van der Waals surface area contributed by atoms with E-state index in [1.54, 1.807) is 0 Å². The summed E-state index contributed by atoms with van der Waals surface area (Å²) in [6.45, 7) is 3.29. The zero-order valence-electron chi connectivity index (χ0n) is 14.5. The molecule has 1 aromatic carbocycles. The number of hydrogen-bond acceptors (Lipinski definition) is 4. The van der Waals surface area contributed by atoms with Gasteiger partial charge in [0.05, 0.1) is 0 Å². The summed E-state index contributed by atoms with van der Waals surface area (Å²) < 4.78 is 5.31. The number of halogens is 2. The maximum Gasteiger partial charge on any atom is 0.244 e. The summed E-state index contributed by atoms with van der Waals surface area (Å²) in [5.74, 6) is -0.103. The van der Waals surface area contributed by atoms with Gasteiger partial charge in [-0.2, -0.15) is 0 Å². The van der Waals surface area contributed by atoms with Crippen LogP contribution in [-0.4, -0.2) is 37.7 Å². The minimum atomic E-state index is -0.809. The lowest BCUT2D eigenvalue weighted by atomic mass is 9.90. The van der Waals surface area contributed by atoms with Crippen LogP contribution < -0.4 is 16.0 Å². The molecule has 1 aromatic rings. The van der Waals surface area contributed by atoms with Crippen LogP contribution in [0, 0.1) is 0 Å². The number of anilines is 2. The van der Waals surface area contributed by atoms with E-state index in [1.807, 2.05) is 12.1 Å². The predicted molar refractivity (Wildman–Crippen MR) is 107 cm³/mol. The fraction of sp³-hybridized carbons (Fsp3) is 0.611. The first kappa shape index (κ1) is 22.0. The van der Waals surface area contributed by atoms with Crippen molar-refractivity contribution in [2.75, 3.05) is 36.5 Å². The summed E-state index contributed by atoms with van der Waals surface area (Å²) in [4.78, 5) is 14.9. The Bertz CT molecular complexity index is 543. The molecule has 0 bridgehead atoms. The van der Waals surface area contributed by atoms with Crippen LogP contribution in [0.1, 0.15) is 38.5 Å². The van der Waals surface area contributed by atoms with Gasteiger partial charge in [0.25, 0.3) is 0 Å². The molecule has 5 nitrogen and oxygen atoms in total.